The number of hydrogen-bond donors (Lipinski definition) is 1. The van der Waals surface area contributed by atoms with E-state index in [4.69, 9.17) is 11.6 Å². The molecule has 0 aliphatic carbocycles. The van der Waals surface area contributed by atoms with Crippen molar-refractivity contribution in [1.82, 2.24) is 9.97 Å². The Kier molecular flexibility index (Phi) is 3.80. The molecule has 0 unspecified atom stereocenters. The van der Waals surface area contributed by atoms with E-state index in [2.05, 4.69) is 14.7 Å². The summed E-state index contributed by atoms with van der Waals surface area (Å²) in [7, 11) is -3.68. The molecule has 102 valence electrons. The summed E-state index contributed by atoms with van der Waals surface area (Å²) in [4.78, 5) is 9.75. The van der Waals surface area contributed by atoms with Gasteiger partial charge >= 0.3 is 0 Å². The van der Waals surface area contributed by atoms with Gasteiger partial charge in [-0.1, -0.05) is 11.6 Å². The summed E-state index contributed by atoms with van der Waals surface area (Å²) in [5.74, 6) is -0.0201. The highest BCUT2D eigenvalue weighted by Crippen LogP contribution is 2.26. The van der Waals surface area contributed by atoms with Crippen LogP contribution in [0.1, 0.15) is 15.4 Å². The lowest BCUT2D eigenvalue weighted by molar-refractivity contribution is 0.600. The van der Waals surface area contributed by atoms with E-state index < -0.39 is 10.0 Å². The summed E-state index contributed by atoms with van der Waals surface area (Å²) in [6.45, 7) is 5.33. The lowest BCUT2D eigenvalue weighted by atomic mass is 10.4. The van der Waals surface area contributed by atoms with Crippen molar-refractivity contribution in [2.24, 2.45) is 0 Å². The van der Waals surface area contributed by atoms with E-state index in [1.54, 1.807) is 26.0 Å². The van der Waals surface area contributed by atoms with E-state index in [0.29, 0.717) is 5.69 Å². The molecule has 0 aliphatic rings. The van der Waals surface area contributed by atoms with Crippen molar-refractivity contribution in [3.63, 3.8) is 0 Å². The second-order valence-electron chi connectivity index (χ2n) is 4.04. The van der Waals surface area contributed by atoms with E-state index in [-0.39, 0.29) is 16.0 Å². The van der Waals surface area contributed by atoms with Crippen LogP contribution in [-0.4, -0.2) is 18.4 Å². The van der Waals surface area contributed by atoms with Gasteiger partial charge in [0.2, 0.25) is 5.95 Å². The number of halogens is 1. The first-order valence-electron chi connectivity index (χ1n) is 5.39. The Morgan fingerprint density at radius 2 is 1.89 bits per heavy atom. The molecule has 0 saturated heterocycles. The number of rotatable bonds is 3. The maximum atomic E-state index is 12.2. The zero-order valence-corrected chi connectivity index (χ0v) is 12.9. The fourth-order valence-corrected chi connectivity index (χ4v) is 4.36. The minimum absolute atomic E-state index is 0.0201. The van der Waals surface area contributed by atoms with Crippen LogP contribution in [0.5, 0.6) is 0 Å². The topological polar surface area (TPSA) is 72.0 Å². The van der Waals surface area contributed by atoms with Crippen LogP contribution in [0, 0.1) is 20.8 Å². The third-order valence-corrected chi connectivity index (χ3v) is 5.08. The van der Waals surface area contributed by atoms with E-state index in [1.807, 2.05) is 6.92 Å². The third kappa shape index (κ3) is 3.23. The van der Waals surface area contributed by atoms with Gasteiger partial charge in [0.05, 0.1) is 0 Å². The number of aryl methyl sites for hydroxylation is 3. The Hall–Kier alpha value is -1.18. The molecule has 0 fully saturated rings. The molecule has 1 N–H and O–H groups in total. The van der Waals surface area contributed by atoms with Gasteiger partial charge in [-0.3, -0.25) is 0 Å². The molecule has 0 bridgehead atoms. The molecule has 5 nitrogen and oxygen atoms in total. The van der Waals surface area contributed by atoms with Gasteiger partial charge in [0.25, 0.3) is 10.0 Å². The molecule has 19 heavy (non-hydrogen) atoms. The van der Waals surface area contributed by atoms with Crippen LogP contribution in [0.3, 0.4) is 0 Å². The minimum atomic E-state index is -3.68. The van der Waals surface area contributed by atoms with Crippen molar-refractivity contribution in [2.45, 2.75) is 25.7 Å². The second-order valence-corrected chi connectivity index (χ2v) is 7.54. The van der Waals surface area contributed by atoms with Crippen LogP contribution >= 0.6 is 22.9 Å². The smallest absolute Gasteiger partial charge is 0.247 e. The molecule has 2 heterocycles. The van der Waals surface area contributed by atoms with Crippen LogP contribution in [0.15, 0.2) is 17.0 Å². The van der Waals surface area contributed by atoms with E-state index in [0.717, 1.165) is 9.75 Å². The number of nitrogens with zero attached hydrogens (tertiary/aromatic N) is 2. The predicted octanol–water partition coefficient (Wildman–Crippen LogP) is 2.92. The summed E-state index contributed by atoms with van der Waals surface area (Å²) in [6.07, 6.45) is 0. The number of aromatic nitrogens is 2. The van der Waals surface area contributed by atoms with Crippen LogP contribution in [0.25, 0.3) is 0 Å². The molecule has 2 aromatic heterocycles. The average molecular weight is 318 g/mol. The lowest BCUT2D eigenvalue weighted by Gasteiger charge is -2.06. The minimum Gasteiger partial charge on any atom is -0.247 e. The maximum absolute atomic E-state index is 12.2. The molecule has 0 spiro atoms. The summed E-state index contributed by atoms with van der Waals surface area (Å²) in [6, 6.07) is 3.18. The molecule has 2 rings (SSSR count). The van der Waals surface area contributed by atoms with E-state index in [1.165, 1.54) is 11.3 Å². The SMILES string of the molecule is Cc1cc(Cl)nc(NS(=O)(=O)c2cc(C)sc2C)n1. The molecule has 0 saturated carbocycles. The molecule has 0 aliphatic heterocycles. The van der Waals surface area contributed by atoms with Crippen molar-refractivity contribution in [3.05, 3.63) is 32.7 Å². The summed E-state index contributed by atoms with van der Waals surface area (Å²) in [5.41, 5.74) is 0.593. The van der Waals surface area contributed by atoms with Crippen molar-refractivity contribution >= 4 is 38.9 Å². The molecule has 0 radical (unpaired) electrons. The van der Waals surface area contributed by atoms with E-state index >= 15 is 0 Å². The maximum Gasteiger partial charge on any atom is 0.265 e. The standard InChI is InChI=1S/C11H12ClN3O2S2/c1-6-4-10(12)14-11(13-6)15-19(16,17)9-5-7(2)18-8(9)3/h4-5H,1-3H3,(H,13,14,15). The lowest BCUT2D eigenvalue weighted by Crippen LogP contribution is -2.15. The quantitative estimate of drug-likeness (QED) is 0.883. The average Bonchev–Trinajstić information content (AvgIpc) is 2.56. The second kappa shape index (κ2) is 5.07. The molecule has 0 amide bonds. The predicted molar refractivity (Wildman–Crippen MR) is 76.4 cm³/mol. The molecule has 0 aromatic carbocycles. The Morgan fingerprint density at radius 1 is 1.21 bits per heavy atom. The van der Waals surface area contributed by atoms with Gasteiger partial charge < -0.3 is 0 Å². The van der Waals surface area contributed by atoms with Crippen molar-refractivity contribution in [1.29, 1.82) is 0 Å². The fraction of sp³-hybridized carbons (Fsp3) is 0.273. The van der Waals surface area contributed by atoms with Crippen LogP contribution < -0.4 is 4.72 Å². The van der Waals surface area contributed by atoms with Crippen molar-refractivity contribution in [3.8, 4) is 0 Å². The Balaban J connectivity index is 2.39. The molecule has 2 aromatic rings. The first kappa shape index (κ1) is 14.2. The van der Waals surface area contributed by atoms with Crippen LogP contribution in [0.2, 0.25) is 5.15 Å². The van der Waals surface area contributed by atoms with Gasteiger partial charge in [-0.15, -0.1) is 11.3 Å². The van der Waals surface area contributed by atoms with Crippen LogP contribution in [0.4, 0.5) is 5.95 Å². The third-order valence-electron chi connectivity index (χ3n) is 2.33. The van der Waals surface area contributed by atoms with Crippen molar-refractivity contribution < 1.29 is 8.42 Å². The highest BCUT2D eigenvalue weighted by molar-refractivity contribution is 7.92. The summed E-state index contributed by atoms with van der Waals surface area (Å²) < 4.78 is 26.8. The zero-order chi connectivity index (χ0) is 14.2. The number of sulfonamides is 1. The van der Waals surface area contributed by atoms with Gasteiger partial charge in [-0.2, -0.15) is 0 Å². The van der Waals surface area contributed by atoms with E-state index in [9.17, 15) is 8.42 Å². The normalized spacial score (nSPS) is 11.6. The Morgan fingerprint density at radius 3 is 2.42 bits per heavy atom. The number of hydrogen-bond acceptors (Lipinski definition) is 5. The monoisotopic (exact) mass is 317 g/mol. The highest BCUT2D eigenvalue weighted by Gasteiger charge is 2.20. The van der Waals surface area contributed by atoms with Gasteiger partial charge in [-0.25, -0.2) is 23.1 Å². The fourth-order valence-electron chi connectivity index (χ4n) is 1.63. The largest absolute Gasteiger partial charge is 0.265 e. The summed E-state index contributed by atoms with van der Waals surface area (Å²) >= 11 is 7.20. The number of thiophene rings is 1. The number of nitrogens with one attached hydrogen (secondary N) is 1. The highest BCUT2D eigenvalue weighted by atomic mass is 35.5. The molecular weight excluding hydrogens is 306 g/mol. The zero-order valence-electron chi connectivity index (χ0n) is 10.6. The Labute approximate surface area is 120 Å². The van der Waals surface area contributed by atoms with Gasteiger partial charge in [-0.05, 0) is 32.9 Å². The van der Waals surface area contributed by atoms with Crippen LogP contribution in [-0.2, 0) is 10.0 Å². The van der Waals surface area contributed by atoms with Crippen molar-refractivity contribution in [2.75, 3.05) is 4.72 Å². The number of anilines is 1. The van der Waals surface area contributed by atoms with Gasteiger partial charge in [0.1, 0.15) is 10.0 Å². The first-order valence-corrected chi connectivity index (χ1v) is 8.07. The van der Waals surface area contributed by atoms with Gasteiger partial charge in [0.15, 0.2) is 0 Å². The Bertz CT molecular complexity index is 705. The molecule has 0 atom stereocenters. The molecular formula is C11H12ClN3O2S2. The summed E-state index contributed by atoms with van der Waals surface area (Å²) in [5, 5.41) is 0.198. The van der Waals surface area contributed by atoms with Gasteiger partial charge in [0, 0.05) is 15.4 Å². The molecule has 8 heteroatoms. The first-order chi connectivity index (χ1) is 8.78.